The maximum Gasteiger partial charge on any atom is 0.251 e. The number of hydrogen-bond acceptors (Lipinski definition) is 2. The standard InChI is InChI=1S/C17H19ClN2O/c1-3-15(12-7-5-4-6-8-12)20-16-11-13(17(21)19-2)9-10-14(16)18/h4-11,15,20H,3H2,1-2H3,(H,19,21). The number of nitrogens with one attached hydrogen (secondary N) is 2. The van der Waals surface area contributed by atoms with Crippen molar-refractivity contribution in [2.45, 2.75) is 19.4 Å². The summed E-state index contributed by atoms with van der Waals surface area (Å²) in [6, 6.07) is 15.6. The van der Waals surface area contributed by atoms with Crippen LogP contribution in [0.2, 0.25) is 5.02 Å². The van der Waals surface area contributed by atoms with Gasteiger partial charge in [0, 0.05) is 12.6 Å². The molecule has 2 rings (SSSR count). The van der Waals surface area contributed by atoms with Gasteiger partial charge in [-0.2, -0.15) is 0 Å². The summed E-state index contributed by atoms with van der Waals surface area (Å²) >= 11 is 6.24. The second-order valence-electron chi connectivity index (χ2n) is 4.79. The van der Waals surface area contributed by atoms with Gasteiger partial charge in [0.05, 0.1) is 16.8 Å². The molecule has 0 aromatic heterocycles. The van der Waals surface area contributed by atoms with Gasteiger partial charge in [-0.1, -0.05) is 48.9 Å². The Bertz CT molecular complexity index is 613. The fourth-order valence-corrected chi connectivity index (χ4v) is 2.39. The van der Waals surface area contributed by atoms with Crippen LogP contribution in [-0.4, -0.2) is 13.0 Å². The molecule has 2 aromatic carbocycles. The lowest BCUT2D eigenvalue weighted by atomic mass is 10.0. The third-order valence-electron chi connectivity index (χ3n) is 3.40. The van der Waals surface area contributed by atoms with E-state index in [4.69, 9.17) is 11.6 Å². The van der Waals surface area contributed by atoms with E-state index in [1.165, 1.54) is 5.56 Å². The highest BCUT2D eigenvalue weighted by Crippen LogP contribution is 2.28. The van der Waals surface area contributed by atoms with E-state index in [0.29, 0.717) is 10.6 Å². The minimum atomic E-state index is -0.123. The summed E-state index contributed by atoms with van der Waals surface area (Å²) in [4.78, 5) is 11.7. The van der Waals surface area contributed by atoms with Crippen LogP contribution in [0.3, 0.4) is 0 Å². The monoisotopic (exact) mass is 302 g/mol. The first-order chi connectivity index (χ1) is 10.2. The van der Waals surface area contributed by atoms with Crippen molar-refractivity contribution in [1.82, 2.24) is 5.32 Å². The van der Waals surface area contributed by atoms with Gasteiger partial charge in [0.1, 0.15) is 0 Å². The number of carbonyl (C=O) groups is 1. The van der Waals surface area contributed by atoms with Crippen molar-refractivity contribution in [2.75, 3.05) is 12.4 Å². The summed E-state index contributed by atoms with van der Waals surface area (Å²) in [5, 5.41) is 6.65. The number of amides is 1. The van der Waals surface area contributed by atoms with Crippen LogP contribution in [0.1, 0.15) is 35.3 Å². The van der Waals surface area contributed by atoms with Crippen molar-refractivity contribution < 1.29 is 4.79 Å². The zero-order chi connectivity index (χ0) is 15.2. The molecule has 110 valence electrons. The van der Waals surface area contributed by atoms with Gasteiger partial charge in [-0.15, -0.1) is 0 Å². The smallest absolute Gasteiger partial charge is 0.251 e. The van der Waals surface area contributed by atoms with Crippen molar-refractivity contribution in [3.05, 3.63) is 64.7 Å². The quantitative estimate of drug-likeness (QED) is 0.866. The number of hydrogen-bond donors (Lipinski definition) is 2. The summed E-state index contributed by atoms with van der Waals surface area (Å²) in [5.74, 6) is -0.123. The number of benzene rings is 2. The molecule has 21 heavy (non-hydrogen) atoms. The highest BCUT2D eigenvalue weighted by molar-refractivity contribution is 6.33. The van der Waals surface area contributed by atoms with E-state index in [1.807, 2.05) is 18.2 Å². The first kappa shape index (κ1) is 15.4. The van der Waals surface area contributed by atoms with Gasteiger partial charge in [0.25, 0.3) is 5.91 Å². The van der Waals surface area contributed by atoms with Crippen molar-refractivity contribution in [2.24, 2.45) is 0 Å². The fourth-order valence-electron chi connectivity index (χ4n) is 2.22. The van der Waals surface area contributed by atoms with Gasteiger partial charge >= 0.3 is 0 Å². The van der Waals surface area contributed by atoms with E-state index in [1.54, 1.807) is 25.2 Å². The van der Waals surface area contributed by atoms with E-state index in [0.717, 1.165) is 12.1 Å². The topological polar surface area (TPSA) is 41.1 Å². The Morgan fingerprint density at radius 2 is 1.90 bits per heavy atom. The van der Waals surface area contributed by atoms with Crippen molar-refractivity contribution >= 4 is 23.2 Å². The maximum absolute atomic E-state index is 11.7. The van der Waals surface area contributed by atoms with Crippen LogP contribution in [0.4, 0.5) is 5.69 Å². The highest BCUT2D eigenvalue weighted by atomic mass is 35.5. The van der Waals surface area contributed by atoms with Crippen molar-refractivity contribution in [3.63, 3.8) is 0 Å². The third-order valence-corrected chi connectivity index (χ3v) is 3.73. The zero-order valence-corrected chi connectivity index (χ0v) is 12.9. The van der Waals surface area contributed by atoms with Gasteiger partial charge in [0.2, 0.25) is 0 Å². The molecule has 0 bridgehead atoms. The van der Waals surface area contributed by atoms with Gasteiger partial charge in [-0.25, -0.2) is 0 Å². The Hall–Kier alpha value is -2.00. The maximum atomic E-state index is 11.7. The SMILES string of the molecule is CCC(Nc1cc(C(=O)NC)ccc1Cl)c1ccccc1. The lowest BCUT2D eigenvalue weighted by Gasteiger charge is -2.20. The molecule has 1 atom stereocenters. The second kappa shape index (κ2) is 7.14. The summed E-state index contributed by atoms with van der Waals surface area (Å²) in [7, 11) is 1.61. The molecular formula is C17H19ClN2O. The van der Waals surface area contributed by atoms with Crippen LogP contribution in [-0.2, 0) is 0 Å². The summed E-state index contributed by atoms with van der Waals surface area (Å²) in [6.45, 7) is 2.11. The van der Waals surface area contributed by atoms with E-state index in [-0.39, 0.29) is 11.9 Å². The molecule has 2 aromatic rings. The Balaban J connectivity index is 2.27. The minimum absolute atomic E-state index is 0.123. The Kier molecular flexibility index (Phi) is 5.23. The van der Waals surface area contributed by atoms with Crippen molar-refractivity contribution in [3.8, 4) is 0 Å². The average molecular weight is 303 g/mol. The molecule has 0 saturated carbocycles. The van der Waals surface area contributed by atoms with E-state index >= 15 is 0 Å². The van der Waals surface area contributed by atoms with Crippen LogP contribution < -0.4 is 10.6 Å². The first-order valence-corrected chi connectivity index (χ1v) is 7.36. The van der Waals surface area contributed by atoms with Gasteiger partial charge in [0.15, 0.2) is 0 Å². The molecule has 2 N–H and O–H groups in total. The number of rotatable bonds is 5. The summed E-state index contributed by atoms with van der Waals surface area (Å²) in [6.07, 6.45) is 0.921. The molecule has 0 radical (unpaired) electrons. The number of anilines is 1. The van der Waals surface area contributed by atoms with Crippen LogP contribution >= 0.6 is 11.6 Å². The zero-order valence-electron chi connectivity index (χ0n) is 12.2. The third kappa shape index (κ3) is 3.76. The Morgan fingerprint density at radius 1 is 1.19 bits per heavy atom. The second-order valence-corrected chi connectivity index (χ2v) is 5.20. The molecule has 0 spiro atoms. The van der Waals surface area contributed by atoms with E-state index in [2.05, 4.69) is 29.7 Å². The van der Waals surface area contributed by atoms with Crippen LogP contribution in [0.25, 0.3) is 0 Å². The normalized spacial score (nSPS) is 11.8. The Morgan fingerprint density at radius 3 is 2.52 bits per heavy atom. The minimum Gasteiger partial charge on any atom is -0.377 e. The predicted octanol–water partition coefficient (Wildman–Crippen LogP) is 4.26. The predicted molar refractivity (Wildman–Crippen MR) is 87.9 cm³/mol. The lowest BCUT2D eigenvalue weighted by Crippen LogP contribution is -2.18. The summed E-state index contributed by atoms with van der Waals surface area (Å²) < 4.78 is 0. The largest absolute Gasteiger partial charge is 0.377 e. The van der Waals surface area contributed by atoms with Crippen LogP contribution in [0.5, 0.6) is 0 Å². The molecule has 0 fully saturated rings. The van der Waals surface area contributed by atoms with Crippen molar-refractivity contribution in [1.29, 1.82) is 0 Å². The fraction of sp³-hybridized carbons (Fsp3) is 0.235. The molecule has 0 aliphatic rings. The lowest BCUT2D eigenvalue weighted by molar-refractivity contribution is 0.0963. The van der Waals surface area contributed by atoms with Crippen LogP contribution in [0.15, 0.2) is 48.5 Å². The van der Waals surface area contributed by atoms with Gasteiger partial charge < -0.3 is 10.6 Å². The molecule has 0 saturated heterocycles. The molecular weight excluding hydrogens is 284 g/mol. The summed E-state index contributed by atoms with van der Waals surface area (Å²) in [5.41, 5.74) is 2.56. The number of carbonyl (C=O) groups excluding carboxylic acids is 1. The Labute approximate surface area is 130 Å². The van der Waals surface area contributed by atoms with E-state index in [9.17, 15) is 4.79 Å². The number of halogens is 1. The first-order valence-electron chi connectivity index (χ1n) is 6.98. The molecule has 1 unspecified atom stereocenters. The van der Waals surface area contributed by atoms with E-state index < -0.39 is 0 Å². The van der Waals surface area contributed by atoms with Gasteiger partial charge in [-0.3, -0.25) is 4.79 Å². The molecule has 0 aliphatic carbocycles. The molecule has 0 aliphatic heterocycles. The highest BCUT2D eigenvalue weighted by Gasteiger charge is 2.12. The average Bonchev–Trinajstić information content (AvgIpc) is 2.54. The molecule has 1 amide bonds. The molecule has 3 nitrogen and oxygen atoms in total. The van der Waals surface area contributed by atoms with Crippen LogP contribution in [0, 0.1) is 0 Å². The molecule has 0 heterocycles. The molecule has 4 heteroatoms. The van der Waals surface area contributed by atoms with Gasteiger partial charge in [-0.05, 0) is 30.2 Å².